The van der Waals surface area contributed by atoms with Gasteiger partial charge in [-0.3, -0.25) is 9.59 Å². The second kappa shape index (κ2) is 4.23. The maximum atomic E-state index is 10.9. The molecule has 0 radical (unpaired) electrons. The minimum Gasteiger partial charge on any atom is -0.468 e. The first kappa shape index (κ1) is 9.98. The predicted molar refractivity (Wildman–Crippen MR) is 45.8 cm³/mol. The second-order valence-electron chi connectivity index (χ2n) is 3.05. The van der Waals surface area contributed by atoms with E-state index in [1.54, 1.807) is 4.90 Å². The molecule has 13 heavy (non-hydrogen) atoms. The fourth-order valence-electron chi connectivity index (χ4n) is 1.16. The lowest BCUT2D eigenvalue weighted by Crippen LogP contribution is -2.46. The van der Waals surface area contributed by atoms with Crippen molar-refractivity contribution in [2.24, 2.45) is 5.73 Å². The van der Waals surface area contributed by atoms with E-state index < -0.39 is 12.0 Å². The van der Waals surface area contributed by atoms with Crippen molar-refractivity contribution >= 4 is 11.9 Å². The van der Waals surface area contributed by atoms with E-state index in [0.29, 0.717) is 19.4 Å². The highest BCUT2D eigenvalue weighted by molar-refractivity contribution is 5.81. The molecule has 5 nitrogen and oxygen atoms in total. The van der Waals surface area contributed by atoms with Crippen LogP contribution in [0.25, 0.3) is 0 Å². The van der Waals surface area contributed by atoms with E-state index in [-0.39, 0.29) is 5.91 Å². The Morgan fingerprint density at radius 1 is 1.77 bits per heavy atom. The van der Waals surface area contributed by atoms with E-state index in [2.05, 4.69) is 4.74 Å². The number of nitrogens with zero attached hydrogens (tertiary/aromatic N) is 1. The Morgan fingerprint density at radius 3 is 2.85 bits per heavy atom. The summed E-state index contributed by atoms with van der Waals surface area (Å²) < 4.78 is 4.46. The van der Waals surface area contributed by atoms with E-state index >= 15 is 0 Å². The van der Waals surface area contributed by atoms with Crippen molar-refractivity contribution in [2.75, 3.05) is 20.2 Å². The minimum atomic E-state index is -0.613. The van der Waals surface area contributed by atoms with Crippen LogP contribution < -0.4 is 5.73 Å². The van der Waals surface area contributed by atoms with Crippen LogP contribution in [0.3, 0.4) is 0 Å². The van der Waals surface area contributed by atoms with Crippen LogP contribution in [0.4, 0.5) is 0 Å². The van der Waals surface area contributed by atoms with Crippen molar-refractivity contribution in [1.82, 2.24) is 4.90 Å². The third-order valence-corrected chi connectivity index (χ3v) is 2.16. The van der Waals surface area contributed by atoms with Gasteiger partial charge in [-0.25, -0.2) is 0 Å². The van der Waals surface area contributed by atoms with Crippen LogP contribution in [0.5, 0.6) is 0 Å². The maximum Gasteiger partial charge on any atom is 0.322 e. The molecule has 1 aliphatic heterocycles. The first-order valence-electron chi connectivity index (χ1n) is 4.26. The third kappa shape index (κ3) is 2.42. The third-order valence-electron chi connectivity index (χ3n) is 2.16. The molecule has 74 valence electrons. The monoisotopic (exact) mass is 186 g/mol. The zero-order chi connectivity index (χ0) is 9.84. The Bertz CT molecular complexity index is 217. The van der Waals surface area contributed by atoms with Gasteiger partial charge in [-0.05, 0) is 6.42 Å². The van der Waals surface area contributed by atoms with Crippen molar-refractivity contribution < 1.29 is 14.3 Å². The highest BCUT2D eigenvalue weighted by Gasteiger charge is 2.24. The van der Waals surface area contributed by atoms with Crippen LogP contribution in [0.2, 0.25) is 0 Å². The van der Waals surface area contributed by atoms with Gasteiger partial charge in [-0.1, -0.05) is 0 Å². The molecule has 1 fully saturated rings. The molecular weight excluding hydrogens is 172 g/mol. The highest BCUT2D eigenvalue weighted by atomic mass is 16.5. The second-order valence-corrected chi connectivity index (χ2v) is 3.05. The van der Waals surface area contributed by atoms with Crippen molar-refractivity contribution in [3.8, 4) is 0 Å². The molecule has 2 N–H and O–H groups in total. The lowest BCUT2D eigenvalue weighted by molar-refractivity contribution is -0.144. The number of ether oxygens (including phenoxy) is 1. The predicted octanol–water partition coefficient (Wildman–Crippen LogP) is -0.891. The summed E-state index contributed by atoms with van der Waals surface area (Å²) in [5.74, 6) is -0.287. The van der Waals surface area contributed by atoms with Gasteiger partial charge < -0.3 is 15.4 Å². The lowest BCUT2D eigenvalue weighted by atomic mass is 10.1. The number of hydrogen-bond donors (Lipinski definition) is 1. The summed E-state index contributed by atoms with van der Waals surface area (Å²) in [6.45, 7) is 1.34. The standard InChI is InChI=1S/C8H14N2O3/c1-13-8(12)6(9)2-4-10-5-3-7(10)11/h6H,2-5,9H2,1H3. The molecule has 0 aliphatic carbocycles. The van der Waals surface area contributed by atoms with Gasteiger partial charge in [0.1, 0.15) is 6.04 Å². The Balaban J connectivity index is 2.18. The maximum absolute atomic E-state index is 10.9. The van der Waals surface area contributed by atoms with Crippen LogP contribution >= 0.6 is 0 Å². The number of hydrogen-bond acceptors (Lipinski definition) is 4. The van der Waals surface area contributed by atoms with E-state index in [4.69, 9.17) is 5.73 Å². The summed E-state index contributed by atoms with van der Waals surface area (Å²) in [7, 11) is 1.30. The number of methoxy groups -OCH3 is 1. The Labute approximate surface area is 76.8 Å². The Morgan fingerprint density at radius 2 is 2.46 bits per heavy atom. The average molecular weight is 186 g/mol. The number of rotatable bonds is 4. The molecule has 1 saturated heterocycles. The van der Waals surface area contributed by atoms with Gasteiger partial charge in [0.25, 0.3) is 0 Å². The zero-order valence-electron chi connectivity index (χ0n) is 7.66. The summed E-state index contributed by atoms with van der Waals surface area (Å²) >= 11 is 0. The van der Waals surface area contributed by atoms with Crippen LogP contribution in [0.1, 0.15) is 12.8 Å². The number of β-lactam (4-membered cyclic amide) rings is 1. The first-order chi connectivity index (χ1) is 6.15. The smallest absolute Gasteiger partial charge is 0.322 e. The number of nitrogens with two attached hydrogens (primary N) is 1. The number of carbonyl (C=O) groups is 2. The molecule has 0 aromatic heterocycles. The van der Waals surface area contributed by atoms with E-state index in [1.807, 2.05) is 0 Å². The molecule has 0 saturated carbocycles. The number of esters is 1. The van der Waals surface area contributed by atoms with Crippen LogP contribution in [0.15, 0.2) is 0 Å². The molecule has 1 aliphatic rings. The quantitative estimate of drug-likeness (QED) is 0.456. The molecule has 1 rings (SSSR count). The van der Waals surface area contributed by atoms with E-state index in [1.165, 1.54) is 7.11 Å². The number of likely N-dealkylation sites (tertiary alicyclic amines) is 1. The molecule has 5 heteroatoms. The van der Waals surface area contributed by atoms with Crippen LogP contribution in [0, 0.1) is 0 Å². The van der Waals surface area contributed by atoms with Crippen molar-refractivity contribution in [1.29, 1.82) is 0 Å². The molecule has 0 aromatic rings. The van der Waals surface area contributed by atoms with Gasteiger partial charge in [0, 0.05) is 19.5 Å². The number of amides is 1. The van der Waals surface area contributed by atoms with Crippen molar-refractivity contribution in [3.05, 3.63) is 0 Å². The van der Waals surface area contributed by atoms with Crippen LogP contribution in [-0.2, 0) is 14.3 Å². The Hall–Kier alpha value is -1.10. The van der Waals surface area contributed by atoms with Gasteiger partial charge in [0.05, 0.1) is 7.11 Å². The fraction of sp³-hybridized carbons (Fsp3) is 0.750. The SMILES string of the molecule is COC(=O)C(N)CCN1CCC1=O. The first-order valence-corrected chi connectivity index (χ1v) is 4.26. The molecule has 1 unspecified atom stereocenters. The van der Waals surface area contributed by atoms with E-state index in [0.717, 1.165) is 6.54 Å². The zero-order valence-corrected chi connectivity index (χ0v) is 7.66. The van der Waals surface area contributed by atoms with Crippen molar-refractivity contribution in [3.63, 3.8) is 0 Å². The summed E-state index contributed by atoms with van der Waals surface area (Å²) in [4.78, 5) is 23.4. The molecule has 0 spiro atoms. The number of carbonyl (C=O) groups excluding carboxylic acids is 2. The highest BCUT2D eigenvalue weighted by Crippen LogP contribution is 2.09. The van der Waals surface area contributed by atoms with Gasteiger partial charge in [-0.15, -0.1) is 0 Å². The van der Waals surface area contributed by atoms with E-state index in [9.17, 15) is 9.59 Å². The fourth-order valence-corrected chi connectivity index (χ4v) is 1.16. The molecule has 1 atom stereocenters. The average Bonchev–Trinajstić information content (AvgIpc) is 2.14. The minimum absolute atomic E-state index is 0.136. The summed E-state index contributed by atoms with van der Waals surface area (Å²) in [6, 6.07) is -0.613. The molecular formula is C8H14N2O3. The lowest BCUT2D eigenvalue weighted by Gasteiger charge is -2.31. The summed E-state index contributed by atoms with van der Waals surface area (Å²) in [5, 5.41) is 0. The molecule has 1 heterocycles. The summed E-state index contributed by atoms with van der Waals surface area (Å²) in [6.07, 6.45) is 1.09. The van der Waals surface area contributed by atoms with Crippen molar-refractivity contribution in [2.45, 2.75) is 18.9 Å². The molecule has 0 bridgehead atoms. The van der Waals surface area contributed by atoms with Gasteiger partial charge in [0.2, 0.25) is 5.91 Å². The largest absolute Gasteiger partial charge is 0.468 e. The summed E-state index contributed by atoms with van der Waals surface area (Å²) in [5.41, 5.74) is 5.49. The van der Waals surface area contributed by atoms with Gasteiger partial charge in [-0.2, -0.15) is 0 Å². The van der Waals surface area contributed by atoms with Crippen LogP contribution in [-0.4, -0.2) is 43.0 Å². The Kier molecular flexibility index (Phi) is 3.25. The topological polar surface area (TPSA) is 72.6 Å². The van der Waals surface area contributed by atoms with Gasteiger partial charge in [0.15, 0.2) is 0 Å². The molecule has 1 amide bonds. The van der Waals surface area contributed by atoms with Gasteiger partial charge >= 0.3 is 5.97 Å². The normalized spacial score (nSPS) is 18.0. The molecule has 0 aromatic carbocycles.